The summed E-state index contributed by atoms with van der Waals surface area (Å²) in [5, 5.41) is 21.4. The quantitative estimate of drug-likeness (QED) is 0.537. The lowest BCUT2D eigenvalue weighted by molar-refractivity contribution is -0.132. The lowest BCUT2D eigenvalue weighted by Gasteiger charge is -2.23. The van der Waals surface area contributed by atoms with Crippen LogP contribution in [0.25, 0.3) is 0 Å². The standard InChI is InChI=1S/C10H18N2O3/c13-6-7(14)4-12-5-9-8(10(12)15)2-1-3-11-9/h7-9,11,13-14H,1-6H2. The second-order valence-corrected chi connectivity index (χ2v) is 4.39. The molecule has 3 atom stereocenters. The fourth-order valence-electron chi connectivity index (χ4n) is 2.48. The third-order valence-corrected chi connectivity index (χ3v) is 3.27. The van der Waals surface area contributed by atoms with Crippen LogP contribution in [0, 0.1) is 5.92 Å². The van der Waals surface area contributed by atoms with Gasteiger partial charge in [-0.3, -0.25) is 4.79 Å². The Morgan fingerprint density at radius 1 is 1.60 bits per heavy atom. The summed E-state index contributed by atoms with van der Waals surface area (Å²) >= 11 is 0. The van der Waals surface area contributed by atoms with Crippen LogP contribution in [-0.4, -0.2) is 59.4 Å². The number of hydrogen-bond acceptors (Lipinski definition) is 4. The molecule has 2 saturated heterocycles. The zero-order valence-electron chi connectivity index (χ0n) is 8.72. The van der Waals surface area contributed by atoms with Gasteiger partial charge in [0.25, 0.3) is 0 Å². The first-order valence-electron chi connectivity index (χ1n) is 5.53. The summed E-state index contributed by atoms with van der Waals surface area (Å²) in [4.78, 5) is 13.5. The Bertz CT molecular complexity index is 247. The minimum Gasteiger partial charge on any atom is -0.394 e. The molecular formula is C10H18N2O3. The molecule has 0 bridgehead atoms. The summed E-state index contributed by atoms with van der Waals surface area (Å²) in [6, 6.07) is 0.247. The Kier molecular flexibility index (Phi) is 3.23. The fraction of sp³-hybridized carbons (Fsp3) is 0.900. The van der Waals surface area contributed by atoms with Crippen molar-refractivity contribution in [3.05, 3.63) is 0 Å². The van der Waals surface area contributed by atoms with Gasteiger partial charge >= 0.3 is 0 Å². The Hall–Kier alpha value is -0.650. The van der Waals surface area contributed by atoms with E-state index in [-0.39, 0.29) is 31.0 Å². The molecule has 0 saturated carbocycles. The number of piperidine rings is 1. The van der Waals surface area contributed by atoms with E-state index in [0.717, 1.165) is 19.4 Å². The molecule has 2 aliphatic heterocycles. The number of nitrogens with zero attached hydrogens (tertiary/aromatic N) is 1. The summed E-state index contributed by atoms with van der Waals surface area (Å²) in [5.74, 6) is 0.212. The van der Waals surface area contributed by atoms with E-state index in [1.165, 1.54) is 0 Å². The molecule has 0 aromatic rings. The number of amides is 1. The fourth-order valence-corrected chi connectivity index (χ4v) is 2.48. The van der Waals surface area contributed by atoms with Crippen LogP contribution >= 0.6 is 0 Å². The molecule has 0 aromatic carbocycles. The van der Waals surface area contributed by atoms with Gasteiger partial charge in [0.15, 0.2) is 0 Å². The SMILES string of the molecule is O=C1C2CCCNC2CN1CC(O)CO. The molecule has 86 valence electrons. The number of aliphatic hydroxyl groups is 2. The summed E-state index contributed by atoms with van der Waals surface area (Å²) in [5.41, 5.74) is 0. The third kappa shape index (κ3) is 2.14. The highest BCUT2D eigenvalue weighted by Gasteiger charge is 2.41. The van der Waals surface area contributed by atoms with Gasteiger partial charge in [-0.2, -0.15) is 0 Å². The molecule has 1 amide bonds. The molecule has 0 spiro atoms. The van der Waals surface area contributed by atoms with Crippen LogP contribution in [0.2, 0.25) is 0 Å². The number of carbonyl (C=O) groups is 1. The maximum atomic E-state index is 11.9. The van der Waals surface area contributed by atoms with E-state index in [1.54, 1.807) is 4.90 Å². The number of β-amino-alcohol motifs (C(OH)–C–C–N with tert-alkyl or cyclic N) is 1. The van der Waals surface area contributed by atoms with E-state index in [0.29, 0.717) is 6.54 Å². The van der Waals surface area contributed by atoms with E-state index in [4.69, 9.17) is 5.11 Å². The van der Waals surface area contributed by atoms with Gasteiger partial charge in [-0.25, -0.2) is 0 Å². The topological polar surface area (TPSA) is 72.8 Å². The molecule has 2 fully saturated rings. The van der Waals surface area contributed by atoms with Crippen LogP contribution in [0.1, 0.15) is 12.8 Å². The van der Waals surface area contributed by atoms with Crippen molar-refractivity contribution in [2.75, 3.05) is 26.2 Å². The highest BCUT2D eigenvalue weighted by Crippen LogP contribution is 2.26. The summed E-state index contributed by atoms with van der Waals surface area (Å²) in [6.07, 6.45) is 1.18. The lowest BCUT2D eigenvalue weighted by atomic mass is 9.94. The van der Waals surface area contributed by atoms with Crippen LogP contribution < -0.4 is 5.32 Å². The molecule has 0 aliphatic carbocycles. The molecule has 0 aromatic heterocycles. The van der Waals surface area contributed by atoms with Crippen molar-refractivity contribution in [2.24, 2.45) is 5.92 Å². The number of nitrogens with one attached hydrogen (secondary N) is 1. The van der Waals surface area contributed by atoms with Gasteiger partial charge < -0.3 is 20.4 Å². The molecule has 3 unspecified atom stereocenters. The Morgan fingerprint density at radius 2 is 2.40 bits per heavy atom. The zero-order chi connectivity index (χ0) is 10.8. The van der Waals surface area contributed by atoms with E-state index in [9.17, 15) is 9.90 Å². The van der Waals surface area contributed by atoms with E-state index < -0.39 is 6.10 Å². The van der Waals surface area contributed by atoms with Gasteiger partial charge in [-0.15, -0.1) is 0 Å². The number of fused-ring (bicyclic) bond motifs is 1. The van der Waals surface area contributed by atoms with Gasteiger partial charge in [0.1, 0.15) is 0 Å². The minimum absolute atomic E-state index is 0.0876. The molecular weight excluding hydrogens is 196 g/mol. The summed E-state index contributed by atoms with van der Waals surface area (Å²) in [6.45, 7) is 1.61. The normalized spacial score (nSPS) is 32.9. The lowest BCUT2D eigenvalue weighted by Crippen LogP contribution is -2.41. The Labute approximate surface area is 89.1 Å². The molecule has 15 heavy (non-hydrogen) atoms. The highest BCUT2D eigenvalue weighted by atomic mass is 16.3. The smallest absolute Gasteiger partial charge is 0.227 e. The van der Waals surface area contributed by atoms with E-state index in [1.807, 2.05) is 0 Å². The second kappa shape index (κ2) is 4.47. The van der Waals surface area contributed by atoms with Gasteiger partial charge in [-0.1, -0.05) is 0 Å². The Balaban J connectivity index is 1.95. The van der Waals surface area contributed by atoms with Crippen molar-refractivity contribution in [1.29, 1.82) is 0 Å². The van der Waals surface area contributed by atoms with Gasteiger partial charge in [0.2, 0.25) is 5.91 Å². The first kappa shape index (κ1) is 10.9. The van der Waals surface area contributed by atoms with Crippen LogP contribution in [0.3, 0.4) is 0 Å². The van der Waals surface area contributed by atoms with E-state index >= 15 is 0 Å². The van der Waals surface area contributed by atoms with Crippen LogP contribution in [0.15, 0.2) is 0 Å². The van der Waals surface area contributed by atoms with Crippen molar-refractivity contribution in [1.82, 2.24) is 10.2 Å². The third-order valence-electron chi connectivity index (χ3n) is 3.27. The predicted octanol–water partition coefficient (Wildman–Crippen LogP) is -1.45. The monoisotopic (exact) mass is 214 g/mol. The number of hydrogen-bond donors (Lipinski definition) is 3. The van der Waals surface area contributed by atoms with Gasteiger partial charge in [0, 0.05) is 19.1 Å². The van der Waals surface area contributed by atoms with Crippen LogP contribution in [-0.2, 0) is 4.79 Å². The molecule has 2 aliphatic rings. The molecule has 2 heterocycles. The summed E-state index contributed by atoms with van der Waals surface area (Å²) < 4.78 is 0. The molecule has 3 N–H and O–H groups in total. The second-order valence-electron chi connectivity index (χ2n) is 4.39. The van der Waals surface area contributed by atoms with Crippen molar-refractivity contribution in [3.8, 4) is 0 Å². The number of aliphatic hydroxyl groups excluding tert-OH is 2. The molecule has 0 radical (unpaired) electrons. The number of likely N-dealkylation sites (tertiary alicyclic amines) is 1. The number of carbonyl (C=O) groups excluding carboxylic acids is 1. The number of rotatable bonds is 3. The van der Waals surface area contributed by atoms with Crippen LogP contribution in [0.5, 0.6) is 0 Å². The first-order chi connectivity index (χ1) is 7.22. The van der Waals surface area contributed by atoms with Crippen molar-refractivity contribution >= 4 is 5.91 Å². The largest absolute Gasteiger partial charge is 0.394 e. The molecule has 2 rings (SSSR count). The maximum Gasteiger partial charge on any atom is 0.227 e. The average Bonchev–Trinajstić information content (AvgIpc) is 2.57. The Morgan fingerprint density at radius 3 is 3.07 bits per heavy atom. The van der Waals surface area contributed by atoms with Gasteiger partial charge in [-0.05, 0) is 19.4 Å². The highest BCUT2D eigenvalue weighted by molar-refractivity contribution is 5.82. The van der Waals surface area contributed by atoms with E-state index in [2.05, 4.69) is 5.32 Å². The average molecular weight is 214 g/mol. The first-order valence-corrected chi connectivity index (χ1v) is 5.53. The van der Waals surface area contributed by atoms with Crippen LogP contribution in [0.4, 0.5) is 0 Å². The van der Waals surface area contributed by atoms with Crippen molar-refractivity contribution in [2.45, 2.75) is 25.0 Å². The predicted molar refractivity (Wildman–Crippen MR) is 54.2 cm³/mol. The van der Waals surface area contributed by atoms with Crippen molar-refractivity contribution < 1.29 is 15.0 Å². The molecule has 5 nitrogen and oxygen atoms in total. The minimum atomic E-state index is -0.811. The van der Waals surface area contributed by atoms with Crippen molar-refractivity contribution in [3.63, 3.8) is 0 Å². The zero-order valence-corrected chi connectivity index (χ0v) is 8.72. The summed E-state index contributed by atoms with van der Waals surface area (Å²) in [7, 11) is 0. The molecule has 5 heteroatoms. The maximum absolute atomic E-state index is 11.9. The van der Waals surface area contributed by atoms with Gasteiger partial charge in [0.05, 0.1) is 18.6 Å².